The van der Waals surface area contributed by atoms with E-state index >= 15 is 0 Å². The molecule has 100 valence electrons. The summed E-state index contributed by atoms with van der Waals surface area (Å²) in [6.45, 7) is 5.58. The topological polar surface area (TPSA) is 64.2 Å². The molecular formula is C12H17BrN2O3. The van der Waals surface area contributed by atoms with Crippen LogP contribution >= 0.6 is 15.9 Å². The molecule has 0 amide bonds. The Bertz CT molecular complexity index is 475. The average molecular weight is 317 g/mol. The quantitative estimate of drug-likeness (QED) is 0.924. The Morgan fingerprint density at radius 1 is 1.50 bits per heavy atom. The summed E-state index contributed by atoms with van der Waals surface area (Å²) in [6, 6.07) is 0. The van der Waals surface area contributed by atoms with Crippen molar-refractivity contribution in [3.05, 3.63) is 26.3 Å². The van der Waals surface area contributed by atoms with Crippen molar-refractivity contribution in [2.24, 2.45) is 0 Å². The molecule has 1 fully saturated rings. The summed E-state index contributed by atoms with van der Waals surface area (Å²) in [7, 11) is 0. The highest BCUT2D eigenvalue weighted by atomic mass is 79.9. The van der Waals surface area contributed by atoms with Gasteiger partial charge in [0.2, 0.25) is 0 Å². The van der Waals surface area contributed by atoms with Gasteiger partial charge < -0.3 is 14.5 Å². The lowest BCUT2D eigenvalue weighted by Crippen LogP contribution is -2.40. The van der Waals surface area contributed by atoms with E-state index in [9.17, 15) is 4.79 Å². The van der Waals surface area contributed by atoms with Gasteiger partial charge in [-0.1, -0.05) is 0 Å². The molecule has 0 saturated carbocycles. The molecule has 2 rings (SSSR count). The van der Waals surface area contributed by atoms with Crippen LogP contribution in [-0.4, -0.2) is 29.8 Å². The fourth-order valence-electron chi connectivity index (χ4n) is 2.21. The molecule has 18 heavy (non-hydrogen) atoms. The van der Waals surface area contributed by atoms with E-state index in [1.807, 2.05) is 13.8 Å². The molecular weight excluding hydrogens is 300 g/mol. The van der Waals surface area contributed by atoms with Gasteiger partial charge in [-0.05, 0) is 29.8 Å². The molecule has 0 aliphatic carbocycles. The first kappa shape index (κ1) is 13.7. The van der Waals surface area contributed by atoms with Gasteiger partial charge in [-0.3, -0.25) is 4.79 Å². The number of nitrogens with zero attached hydrogens (tertiary/aromatic N) is 1. The monoisotopic (exact) mass is 316 g/mol. The zero-order valence-electron chi connectivity index (χ0n) is 10.6. The normalized spacial score (nSPS) is 18.8. The van der Waals surface area contributed by atoms with Crippen LogP contribution in [0.5, 0.6) is 0 Å². The van der Waals surface area contributed by atoms with E-state index in [1.54, 1.807) is 0 Å². The van der Waals surface area contributed by atoms with Crippen LogP contribution in [0.1, 0.15) is 31.3 Å². The summed E-state index contributed by atoms with van der Waals surface area (Å²) in [5, 5.41) is 0. The lowest BCUT2D eigenvalue weighted by molar-refractivity contribution is -0.118. The van der Waals surface area contributed by atoms with Crippen LogP contribution in [-0.2, 0) is 15.1 Å². The minimum Gasteiger partial charge on any atom is -0.381 e. The molecule has 0 aromatic carbocycles. The molecule has 2 heterocycles. The zero-order valence-corrected chi connectivity index (χ0v) is 12.2. The third-order valence-electron chi connectivity index (χ3n) is 3.18. The highest BCUT2D eigenvalue weighted by Gasteiger charge is 2.38. The van der Waals surface area contributed by atoms with Gasteiger partial charge in [0, 0.05) is 32.7 Å². The number of aromatic amines is 1. The lowest BCUT2D eigenvalue weighted by atomic mass is 9.93. The Kier molecular flexibility index (Phi) is 4.19. The fourth-order valence-corrected chi connectivity index (χ4v) is 2.40. The molecule has 0 bridgehead atoms. The summed E-state index contributed by atoms with van der Waals surface area (Å²) in [4.78, 5) is 19.1. The number of aromatic nitrogens is 2. The number of halogens is 1. The summed E-state index contributed by atoms with van der Waals surface area (Å²) in [6.07, 6.45) is 1.43. The van der Waals surface area contributed by atoms with E-state index in [-0.39, 0.29) is 5.56 Å². The first-order valence-corrected chi connectivity index (χ1v) is 6.87. The number of rotatable bonds is 3. The van der Waals surface area contributed by atoms with Crippen LogP contribution in [0.15, 0.2) is 9.27 Å². The summed E-state index contributed by atoms with van der Waals surface area (Å²) in [5.74, 6) is 0.610. The SMILES string of the molecule is CCOC1(c2nc(C)c(Br)c(=O)[nH]2)CCOCC1. The number of H-pyrrole nitrogens is 1. The maximum absolute atomic E-state index is 11.8. The maximum atomic E-state index is 11.8. The van der Waals surface area contributed by atoms with Crippen molar-refractivity contribution < 1.29 is 9.47 Å². The summed E-state index contributed by atoms with van der Waals surface area (Å²) >= 11 is 3.22. The average Bonchev–Trinajstić information content (AvgIpc) is 2.37. The number of hydrogen-bond acceptors (Lipinski definition) is 4. The van der Waals surface area contributed by atoms with Gasteiger partial charge in [0.1, 0.15) is 15.9 Å². The molecule has 1 N–H and O–H groups in total. The molecule has 1 aliphatic rings. The fraction of sp³-hybridized carbons (Fsp3) is 0.667. The Morgan fingerprint density at radius 2 is 2.17 bits per heavy atom. The van der Waals surface area contributed by atoms with Crippen molar-refractivity contribution >= 4 is 15.9 Å². The van der Waals surface area contributed by atoms with Crippen molar-refractivity contribution in [3.63, 3.8) is 0 Å². The van der Waals surface area contributed by atoms with Gasteiger partial charge in [0.15, 0.2) is 0 Å². The largest absolute Gasteiger partial charge is 0.381 e. The molecule has 0 spiro atoms. The standard InChI is InChI=1S/C12H17BrN2O3/c1-3-18-12(4-6-17-7-5-12)11-14-8(2)9(13)10(16)15-11/h3-7H2,1-2H3,(H,14,15,16). The number of hydrogen-bond donors (Lipinski definition) is 1. The van der Waals surface area contributed by atoms with Gasteiger partial charge in [0.25, 0.3) is 5.56 Å². The maximum Gasteiger partial charge on any atom is 0.265 e. The van der Waals surface area contributed by atoms with Crippen LogP contribution in [0.25, 0.3) is 0 Å². The third-order valence-corrected chi connectivity index (χ3v) is 4.12. The van der Waals surface area contributed by atoms with Gasteiger partial charge >= 0.3 is 0 Å². The minimum absolute atomic E-state index is 0.164. The van der Waals surface area contributed by atoms with Gasteiger partial charge in [-0.2, -0.15) is 0 Å². The highest BCUT2D eigenvalue weighted by molar-refractivity contribution is 9.10. The van der Waals surface area contributed by atoms with Gasteiger partial charge in [0.05, 0.1) is 5.69 Å². The lowest BCUT2D eigenvalue weighted by Gasteiger charge is -2.35. The van der Waals surface area contributed by atoms with Gasteiger partial charge in [-0.15, -0.1) is 0 Å². The molecule has 1 aromatic heterocycles. The Hall–Kier alpha value is -0.720. The van der Waals surface area contributed by atoms with Crippen molar-refractivity contribution in [3.8, 4) is 0 Å². The molecule has 6 heteroatoms. The van der Waals surface area contributed by atoms with Crippen LogP contribution in [0, 0.1) is 6.92 Å². The van der Waals surface area contributed by atoms with E-state index in [4.69, 9.17) is 9.47 Å². The molecule has 0 atom stereocenters. The van der Waals surface area contributed by atoms with Crippen molar-refractivity contribution in [1.29, 1.82) is 0 Å². The third kappa shape index (κ3) is 2.50. The molecule has 1 aliphatic heterocycles. The van der Waals surface area contributed by atoms with Crippen LogP contribution < -0.4 is 5.56 Å². The predicted octanol–water partition coefficient (Wildman–Crippen LogP) is 1.88. The van der Waals surface area contributed by atoms with E-state index in [0.29, 0.717) is 48.7 Å². The van der Waals surface area contributed by atoms with E-state index in [1.165, 1.54) is 0 Å². The van der Waals surface area contributed by atoms with E-state index in [0.717, 1.165) is 0 Å². The summed E-state index contributed by atoms with van der Waals surface area (Å²) in [5.41, 5.74) is -0.000148. The zero-order chi connectivity index (χ0) is 13.2. The number of aryl methyl sites for hydroxylation is 1. The van der Waals surface area contributed by atoms with Crippen molar-refractivity contribution in [2.45, 2.75) is 32.3 Å². The Morgan fingerprint density at radius 3 is 2.72 bits per heavy atom. The Balaban J connectivity index is 2.45. The van der Waals surface area contributed by atoms with E-state index in [2.05, 4.69) is 25.9 Å². The molecule has 0 radical (unpaired) electrons. The Labute approximate surface area is 114 Å². The van der Waals surface area contributed by atoms with Crippen LogP contribution in [0.4, 0.5) is 0 Å². The molecule has 1 aromatic rings. The molecule has 0 unspecified atom stereocenters. The number of ether oxygens (including phenoxy) is 2. The first-order chi connectivity index (χ1) is 8.59. The van der Waals surface area contributed by atoms with Crippen LogP contribution in [0.2, 0.25) is 0 Å². The summed E-state index contributed by atoms with van der Waals surface area (Å²) < 4.78 is 11.7. The minimum atomic E-state index is -0.516. The molecule has 1 saturated heterocycles. The van der Waals surface area contributed by atoms with Crippen LogP contribution in [0.3, 0.4) is 0 Å². The first-order valence-electron chi connectivity index (χ1n) is 6.07. The van der Waals surface area contributed by atoms with Crippen molar-refractivity contribution in [1.82, 2.24) is 9.97 Å². The number of nitrogens with one attached hydrogen (secondary N) is 1. The van der Waals surface area contributed by atoms with Gasteiger partial charge in [-0.25, -0.2) is 4.98 Å². The predicted molar refractivity (Wildman–Crippen MR) is 70.7 cm³/mol. The van der Waals surface area contributed by atoms with E-state index < -0.39 is 5.60 Å². The smallest absolute Gasteiger partial charge is 0.265 e. The second kappa shape index (κ2) is 5.50. The molecule has 5 nitrogen and oxygen atoms in total. The second-order valence-electron chi connectivity index (χ2n) is 4.35. The van der Waals surface area contributed by atoms with Crippen molar-refractivity contribution in [2.75, 3.05) is 19.8 Å². The second-order valence-corrected chi connectivity index (χ2v) is 5.15. The highest BCUT2D eigenvalue weighted by Crippen LogP contribution is 2.33.